The number of anilines is 3. The van der Waals surface area contributed by atoms with Crippen LogP contribution in [0.25, 0.3) is 0 Å². The van der Waals surface area contributed by atoms with E-state index in [0.29, 0.717) is 27.0 Å². The van der Waals surface area contributed by atoms with Crippen LogP contribution < -0.4 is 15.0 Å². The zero-order valence-electron chi connectivity index (χ0n) is 14.6. The monoisotopic (exact) mass is 387 g/mol. The Kier molecular flexibility index (Phi) is 5.44. The highest BCUT2D eigenvalue weighted by molar-refractivity contribution is 7.17. The Balaban J connectivity index is 1.80. The number of hydrogen-bond acceptors (Lipinski definition) is 5. The molecule has 5 nitrogen and oxygen atoms in total. The van der Waals surface area contributed by atoms with Gasteiger partial charge < -0.3 is 15.0 Å². The van der Waals surface area contributed by atoms with Gasteiger partial charge in [0.2, 0.25) is 0 Å². The fourth-order valence-electron chi connectivity index (χ4n) is 2.43. The van der Waals surface area contributed by atoms with E-state index in [1.165, 1.54) is 11.3 Å². The number of carbonyl (C=O) groups is 1. The molecule has 0 aliphatic heterocycles. The summed E-state index contributed by atoms with van der Waals surface area (Å²) in [6.07, 6.45) is 0. The van der Waals surface area contributed by atoms with Gasteiger partial charge in [-0.3, -0.25) is 4.79 Å². The Morgan fingerprint density at radius 3 is 2.62 bits per heavy atom. The van der Waals surface area contributed by atoms with Crippen molar-refractivity contribution in [3.63, 3.8) is 0 Å². The van der Waals surface area contributed by atoms with Crippen LogP contribution in [0.2, 0.25) is 5.02 Å². The number of ether oxygens (including phenoxy) is 1. The van der Waals surface area contributed by atoms with Gasteiger partial charge in [0.15, 0.2) is 5.13 Å². The molecule has 2 aromatic carbocycles. The molecule has 0 saturated heterocycles. The maximum atomic E-state index is 12.6. The quantitative estimate of drug-likeness (QED) is 0.659. The molecule has 3 rings (SSSR count). The van der Waals surface area contributed by atoms with Crippen molar-refractivity contribution in [1.82, 2.24) is 4.98 Å². The summed E-state index contributed by atoms with van der Waals surface area (Å²) in [4.78, 5) is 19.7. The van der Waals surface area contributed by atoms with Crippen LogP contribution in [-0.4, -0.2) is 25.0 Å². The van der Waals surface area contributed by atoms with E-state index in [9.17, 15) is 4.79 Å². The van der Waals surface area contributed by atoms with Crippen LogP contribution in [0.4, 0.5) is 16.5 Å². The smallest absolute Gasteiger partial charge is 0.267 e. The molecule has 0 bridgehead atoms. The first-order chi connectivity index (χ1) is 12.5. The summed E-state index contributed by atoms with van der Waals surface area (Å²) in [5.74, 6) is 0.347. The normalized spacial score (nSPS) is 10.5. The summed E-state index contributed by atoms with van der Waals surface area (Å²) in [5.41, 5.74) is 2.30. The van der Waals surface area contributed by atoms with Gasteiger partial charge in [0.1, 0.15) is 10.6 Å². The maximum Gasteiger partial charge on any atom is 0.267 e. The highest BCUT2D eigenvalue weighted by Crippen LogP contribution is 2.31. The number of halogens is 1. The summed E-state index contributed by atoms with van der Waals surface area (Å²) in [7, 11) is 3.48. The maximum absolute atomic E-state index is 12.6. The number of thiazole rings is 1. The fraction of sp³-hybridized carbons (Fsp3) is 0.158. The predicted molar refractivity (Wildman–Crippen MR) is 107 cm³/mol. The fourth-order valence-corrected chi connectivity index (χ4v) is 3.63. The van der Waals surface area contributed by atoms with E-state index < -0.39 is 0 Å². The Morgan fingerprint density at radius 1 is 1.23 bits per heavy atom. The number of nitrogens with one attached hydrogen (secondary N) is 1. The minimum atomic E-state index is -0.214. The second-order valence-corrected chi connectivity index (χ2v) is 6.99. The number of aromatic nitrogens is 1. The third-order valence-corrected chi connectivity index (χ3v) is 5.36. The first-order valence-electron chi connectivity index (χ1n) is 7.90. The first-order valence-corrected chi connectivity index (χ1v) is 9.10. The van der Waals surface area contributed by atoms with Crippen molar-refractivity contribution in [2.75, 3.05) is 24.4 Å². The van der Waals surface area contributed by atoms with E-state index in [1.54, 1.807) is 25.3 Å². The van der Waals surface area contributed by atoms with Crippen molar-refractivity contribution >= 4 is 45.4 Å². The average molecular weight is 388 g/mol. The Hall–Kier alpha value is -2.57. The third kappa shape index (κ3) is 3.81. The molecule has 0 fully saturated rings. The van der Waals surface area contributed by atoms with Gasteiger partial charge in [-0.2, -0.15) is 0 Å². The van der Waals surface area contributed by atoms with Crippen LogP contribution in [0.1, 0.15) is 15.4 Å². The molecule has 0 radical (unpaired) electrons. The molecule has 7 heteroatoms. The number of methoxy groups -OCH3 is 1. The molecule has 1 N–H and O–H groups in total. The summed E-state index contributed by atoms with van der Waals surface area (Å²) in [6.45, 7) is 1.83. The van der Waals surface area contributed by atoms with Crippen molar-refractivity contribution in [1.29, 1.82) is 0 Å². The molecule has 0 spiro atoms. The van der Waals surface area contributed by atoms with Crippen LogP contribution in [0.15, 0.2) is 48.5 Å². The molecule has 1 aromatic heterocycles. The topological polar surface area (TPSA) is 54.5 Å². The van der Waals surface area contributed by atoms with Crippen LogP contribution in [0.3, 0.4) is 0 Å². The number of amides is 1. The van der Waals surface area contributed by atoms with Gasteiger partial charge in [0.25, 0.3) is 5.91 Å². The van der Waals surface area contributed by atoms with Gasteiger partial charge in [-0.25, -0.2) is 4.98 Å². The van der Waals surface area contributed by atoms with Gasteiger partial charge >= 0.3 is 0 Å². The van der Waals surface area contributed by atoms with Crippen molar-refractivity contribution in [3.8, 4) is 5.75 Å². The number of para-hydroxylation sites is 1. The van der Waals surface area contributed by atoms with Gasteiger partial charge in [-0.1, -0.05) is 41.1 Å². The molecule has 134 valence electrons. The average Bonchev–Trinajstić information content (AvgIpc) is 3.04. The second kappa shape index (κ2) is 7.76. The lowest BCUT2D eigenvalue weighted by Crippen LogP contribution is -2.11. The summed E-state index contributed by atoms with van der Waals surface area (Å²) in [5, 5.41) is 4.05. The highest BCUT2D eigenvalue weighted by atomic mass is 35.5. The largest absolute Gasteiger partial charge is 0.495 e. The van der Waals surface area contributed by atoms with Crippen molar-refractivity contribution in [3.05, 3.63) is 64.1 Å². The predicted octanol–water partition coefficient (Wildman–Crippen LogP) is 5.13. The van der Waals surface area contributed by atoms with E-state index in [0.717, 1.165) is 10.8 Å². The van der Waals surface area contributed by atoms with Crippen molar-refractivity contribution < 1.29 is 9.53 Å². The number of nitrogens with zero attached hydrogens (tertiary/aromatic N) is 2. The molecule has 1 heterocycles. The number of rotatable bonds is 5. The van der Waals surface area contributed by atoms with E-state index in [-0.39, 0.29) is 5.91 Å². The Labute approximate surface area is 161 Å². The summed E-state index contributed by atoms with van der Waals surface area (Å²) in [6, 6.07) is 15.0. The summed E-state index contributed by atoms with van der Waals surface area (Å²) >= 11 is 7.46. The molecule has 0 atom stereocenters. The molecular formula is C19H18ClN3O2S. The Bertz CT molecular complexity index is 928. The lowest BCUT2D eigenvalue weighted by atomic mass is 10.3. The second-order valence-electron chi connectivity index (χ2n) is 5.61. The minimum Gasteiger partial charge on any atom is -0.495 e. The van der Waals surface area contributed by atoms with E-state index >= 15 is 0 Å². The molecular weight excluding hydrogens is 370 g/mol. The standard InChI is InChI=1S/C19H18ClN3O2S/c1-12-17(18(24)22-13-9-10-16(25-3)15(20)11-13)26-19(21-12)23(2)14-7-5-4-6-8-14/h4-11H,1-3H3,(H,22,24). The zero-order valence-corrected chi connectivity index (χ0v) is 16.2. The third-order valence-electron chi connectivity index (χ3n) is 3.83. The van der Waals surface area contributed by atoms with Gasteiger partial charge in [-0.15, -0.1) is 0 Å². The van der Waals surface area contributed by atoms with E-state index in [1.807, 2.05) is 49.2 Å². The Morgan fingerprint density at radius 2 is 1.96 bits per heavy atom. The van der Waals surface area contributed by atoms with E-state index in [2.05, 4.69) is 10.3 Å². The molecule has 3 aromatic rings. The SMILES string of the molecule is COc1ccc(NC(=O)c2sc(N(C)c3ccccc3)nc2C)cc1Cl. The number of aryl methyl sites for hydroxylation is 1. The summed E-state index contributed by atoms with van der Waals surface area (Å²) < 4.78 is 5.12. The molecule has 26 heavy (non-hydrogen) atoms. The molecule has 1 amide bonds. The van der Waals surface area contributed by atoms with Gasteiger partial charge in [0.05, 0.1) is 17.8 Å². The minimum absolute atomic E-state index is 0.214. The van der Waals surface area contributed by atoms with Crippen LogP contribution in [-0.2, 0) is 0 Å². The number of hydrogen-bond donors (Lipinski definition) is 1. The first kappa shape index (κ1) is 18.2. The van der Waals surface area contributed by atoms with Crippen molar-refractivity contribution in [2.24, 2.45) is 0 Å². The van der Waals surface area contributed by atoms with E-state index in [4.69, 9.17) is 16.3 Å². The van der Waals surface area contributed by atoms with Crippen LogP contribution >= 0.6 is 22.9 Å². The molecule has 0 saturated carbocycles. The lowest BCUT2D eigenvalue weighted by Gasteiger charge is -2.15. The zero-order chi connectivity index (χ0) is 18.7. The van der Waals surface area contributed by atoms with Gasteiger partial charge in [0, 0.05) is 18.4 Å². The molecule has 0 aliphatic rings. The van der Waals surface area contributed by atoms with Crippen molar-refractivity contribution in [2.45, 2.75) is 6.92 Å². The van der Waals surface area contributed by atoms with Crippen LogP contribution in [0.5, 0.6) is 5.75 Å². The number of benzene rings is 2. The number of carbonyl (C=O) groups excluding carboxylic acids is 1. The van der Waals surface area contributed by atoms with Crippen LogP contribution in [0, 0.1) is 6.92 Å². The highest BCUT2D eigenvalue weighted by Gasteiger charge is 2.18. The molecule has 0 aliphatic carbocycles. The molecule has 0 unspecified atom stereocenters. The lowest BCUT2D eigenvalue weighted by molar-refractivity contribution is 0.103. The van der Waals surface area contributed by atoms with Gasteiger partial charge in [-0.05, 0) is 37.3 Å².